The number of benzene rings is 1. The molecule has 4 heteroatoms. The van der Waals surface area contributed by atoms with Crippen LogP contribution in [0.4, 0.5) is 0 Å². The van der Waals surface area contributed by atoms with E-state index in [2.05, 4.69) is 64.9 Å². The molecular formula is C30H49NO3. The first-order chi connectivity index (χ1) is 16.3. The first-order valence-corrected chi connectivity index (χ1v) is 13.2. The average Bonchev–Trinajstić information content (AvgIpc) is 3.14. The minimum Gasteiger partial charge on any atom is -0.426 e. The van der Waals surface area contributed by atoms with E-state index in [1.807, 2.05) is 19.9 Å². The number of esters is 1. The Kier molecular flexibility index (Phi) is 12.9. The molecule has 1 aromatic carbocycles. The summed E-state index contributed by atoms with van der Waals surface area (Å²) in [6.07, 6.45) is 15.8. The number of carbonyl (C=O) groups excluding carboxylic acids is 1. The highest BCUT2D eigenvalue weighted by atomic mass is 16.5. The molecule has 0 aliphatic heterocycles. The summed E-state index contributed by atoms with van der Waals surface area (Å²) in [4.78, 5) is 11.8. The zero-order valence-corrected chi connectivity index (χ0v) is 22.7. The standard InChI is InChI=1S/C22H31NO3.C4H10.C2H6.C2H2/c1-14-3-8-20-19-6-4-15-11-16(26-21(25)12-23-13-24)5-7-17(15)18(19)9-10-22(14,20)2;1-4(2)3;2*1-2/h5,7,11,14,18-20,23-24H,3-4,6,8-10,12-13H2,1-2H3;4H,1-3H3;1-2H3;1-2H/t14-,18?,19?,20?,22?;;;/m0.../s1. The fourth-order valence-electron chi connectivity index (χ4n) is 6.21. The number of hydrogen-bond acceptors (Lipinski definition) is 4. The lowest BCUT2D eigenvalue weighted by molar-refractivity contribution is -0.133. The predicted molar refractivity (Wildman–Crippen MR) is 143 cm³/mol. The lowest BCUT2D eigenvalue weighted by Gasteiger charge is -2.50. The number of aliphatic hydroxyl groups excluding tert-OH is 1. The van der Waals surface area contributed by atoms with Gasteiger partial charge in [0.15, 0.2) is 0 Å². The number of fused-ring (bicyclic) bond motifs is 5. The predicted octanol–water partition coefficient (Wildman–Crippen LogP) is 6.56. The normalized spacial score (nSPS) is 28.3. The second-order valence-corrected chi connectivity index (χ2v) is 10.6. The highest BCUT2D eigenvalue weighted by Crippen LogP contribution is 2.62. The van der Waals surface area contributed by atoms with E-state index < -0.39 is 0 Å². The van der Waals surface area contributed by atoms with E-state index >= 15 is 0 Å². The van der Waals surface area contributed by atoms with Crippen LogP contribution in [0.2, 0.25) is 0 Å². The minimum atomic E-state index is -0.360. The molecule has 0 aromatic heterocycles. The SMILES string of the molecule is C#C.CC.CC(C)C.C[C@H]1CCC2C3CCc4cc(OC(=O)CNCO)ccc4C3CCC21C. The molecule has 0 radical (unpaired) electrons. The molecular weight excluding hydrogens is 422 g/mol. The summed E-state index contributed by atoms with van der Waals surface area (Å²) in [5, 5.41) is 11.3. The van der Waals surface area contributed by atoms with Gasteiger partial charge in [0.1, 0.15) is 5.75 Å². The number of ether oxygens (including phenoxy) is 1. The van der Waals surface area contributed by atoms with Gasteiger partial charge in [-0.25, -0.2) is 0 Å². The van der Waals surface area contributed by atoms with Crippen molar-refractivity contribution >= 4 is 5.97 Å². The van der Waals surface area contributed by atoms with Gasteiger partial charge in [-0.3, -0.25) is 10.1 Å². The molecule has 0 spiro atoms. The molecule has 4 rings (SSSR count). The van der Waals surface area contributed by atoms with Gasteiger partial charge in [-0.15, -0.1) is 12.8 Å². The molecule has 2 N–H and O–H groups in total. The Balaban J connectivity index is 0.000000644. The third-order valence-corrected chi connectivity index (χ3v) is 7.78. The van der Waals surface area contributed by atoms with E-state index in [1.54, 1.807) is 0 Å². The molecule has 0 heterocycles. The van der Waals surface area contributed by atoms with Crippen molar-refractivity contribution in [3.05, 3.63) is 29.3 Å². The molecule has 2 saturated carbocycles. The van der Waals surface area contributed by atoms with Crippen molar-refractivity contribution < 1.29 is 14.6 Å². The fourth-order valence-corrected chi connectivity index (χ4v) is 6.21. The molecule has 0 amide bonds. The van der Waals surface area contributed by atoms with Crippen molar-refractivity contribution in [2.24, 2.45) is 29.1 Å². The molecule has 2 fully saturated rings. The molecule has 34 heavy (non-hydrogen) atoms. The van der Waals surface area contributed by atoms with Gasteiger partial charge < -0.3 is 9.84 Å². The molecule has 1 aromatic rings. The first-order valence-electron chi connectivity index (χ1n) is 13.2. The molecule has 0 bridgehead atoms. The van der Waals surface area contributed by atoms with E-state index in [9.17, 15) is 4.79 Å². The Labute approximate surface area is 209 Å². The molecule has 4 unspecified atom stereocenters. The molecule has 4 nitrogen and oxygen atoms in total. The van der Waals surface area contributed by atoms with Crippen LogP contribution in [0.3, 0.4) is 0 Å². The Morgan fingerprint density at radius 1 is 1.18 bits per heavy atom. The fraction of sp³-hybridized carbons (Fsp3) is 0.700. The number of hydrogen-bond donors (Lipinski definition) is 2. The number of rotatable bonds is 4. The van der Waals surface area contributed by atoms with Crippen LogP contribution in [0, 0.1) is 41.9 Å². The minimum absolute atomic E-state index is 0.0245. The molecule has 3 aliphatic rings. The number of terminal acetylenes is 1. The smallest absolute Gasteiger partial charge is 0.325 e. The Hall–Kier alpha value is -1.83. The lowest BCUT2D eigenvalue weighted by Crippen LogP contribution is -2.41. The van der Waals surface area contributed by atoms with Gasteiger partial charge in [-0.05, 0) is 96.8 Å². The van der Waals surface area contributed by atoms with Gasteiger partial charge in [-0.1, -0.05) is 54.5 Å². The van der Waals surface area contributed by atoms with Gasteiger partial charge in [0, 0.05) is 0 Å². The number of aliphatic hydroxyl groups is 1. The summed E-state index contributed by atoms with van der Waals surface area (Å²) >= 11 is 0. The van der Waals surface area contributed by atoms with Gasteiger partial charge >= 0.3 is 5.97 Å². The quantitative estimate of drug-likeness (QED) is 0.226. The molecule has 5 atom stereocenters. The number of nitrogens with one attached hydrogen (secondary N) is 1. The zero-order valence-electron chi connectivity index (χ0n) is 22.7. The monoisotopic (exact) mass is 471 g/mol. The molecule has 3 aliphatic carbocycles. The Morgan fingerprint density at radius 3 is 2.44 bits per heavy atom. The topological polar surface area (TPSA) is 58.6 Å². The van der Waals surface area contributed by atoms with Crippen LogP contribution in [0.5, 0.6) is 5.75 Å². The van der Waals surface area contributed by atoms with Crippen LogP contribution in [0.25, 0.3) is 0 Å². The van der Waals surface area contributed by atoms with Crippen molar-refractivity contribution in [2.45, 2.75) is 92.9 Å². The summed E-state index contributed by atoms with van der Waals surface area (Å²) in [5.74, 6) is 4.36. The summed E-state index contributed by atoms with van der Waals surface area (Å²) in [7, 11) is 0. The highest BCUT2D eigenvalue weighted by Gasteiger charge is 2.53. The van der Waals surface area contributed by atoms with Crippen LogP contribution >= 0.6 is 0 Å². The summed E-state index contributed by atoms with van der Waals surface area (Å²) < 4.78 is 5.41. The Bertz CT molecular complexity index is 769. The van der Waals surface area contributed by atoms with E-state index in [4.69, 9.17) is 9.84 Å². The maximum Gasteiger partial charge on any atom is 0.325 e. The van der Waals surface area contributed by atoms with E-state index in [1.165, 1.54) is 43.2 Å². The average molecular weight is 472 g/mol. The largest absolute Gasteiger partial charge is 0.426 e. The van der Waals surface area contributed by atoms with Gasteiger partial charge in [-0.2, -0.15) is 0 Å². The zero-order chi connectivity index (χ0) is 25.9. The molecule has 0 saturated heterocycles. The van der Waals surface area contributed by atoms with Crippen molar-refractivity contribution in [1.29, 1.82) is 0 Å². The second kappa shape index (κ2) is 14.5. The maximum atomic E-state index is 11.8. The lowest BCUT2D eigenvalue weighted by atomic mass is 9.54. The van der Waals surface area contributed by atoms with E-state index in [-0.39, 0.29) is 19.2 Å². The summed E-state index contributed by atoms with van der Waals surface area (Å²) in [6.45, 7) is 15.3. The van der Waals surface area contributed by atoms with Crippen LogP contribution in [0.1, 0.15) is 97.6 Å². The summed E-state index contributed by atoms with van der Waals surface area (Å²) in [6, 6.07) is 6.21. The van der Waals surface area contributed by atoms with Crippen LogP contribution in [-0.2, 0) is 11.2 Å². The Morgan fingerprint density at radius 2 is 1.82 bits per heavy atom. The van der Waals surface area contributed by atoms with Crippen LogP contribution in [0.15, 0.2) is 18.2 Å². The van der Waals surface area contributed by atoms with Gasteiger partial charge in [0.2, 0.25) is 0 Å². The van der Waals surface area contributed by atoms with Crippen LogP contribution in [-0.4, -0.2) is 24.4 Å². The third kappa shape index (κ3) is 7.33. The first kappa shape index (κ1) is 30.2. The van der Waals surface area contributed by atoms with E-state index in [0.29, 0.717) is 17.1 Å². The maximum absolute atomic E-state index is 11.8. The third-order valence-electron chi connectivity index (χ3n) is 7.78. The van der Waals surface area contributed by atoms with E-state index in [0.717, 1.165) is 30.1 Å². The van der Waals surface area contributed by atoms with Crippen molar-refractivity contribution in [2.75, 3.05) is 13.3 Å². The van der Waals surface area contributed by atoms with Gasteiger partial charge in [0.25, 0.3) is 0 Å². The van der Waals surface area contributed by atoms with Crippen molar-refractivity contribution in [3.63, 3.8) is 0 Å². The van der Waals surface area contributed by atoms with Gasteiger partial charge in [0.05, 0.1) is 13.3 Å². The highest BCUT2D eigenvalue weighted by molar-refractivity contribution is 5.74. The van der Waals surface area contributed by atoms with Crippen LogP contribution < -0.4 is 10.1 Å². The van der Waals surface area contributed by atoms with Crippen molar-refractivity contribution in [1.82, 2.24) is 5.32 Å². The second-order valence-electron chi connectivity index (χ2n) is 10.6. The summed E-state index contributed by atoms with van der Waals surface area (Å²) in [5.41, 5.74) is 3.41. The van der Waals surface area contributed by atoms with Crippen molar-refractivity contribution in [3.8, 4) is 18.6 Å². The molecule has 192 valence electrons. The number of carbonyl (C=O) groups is 1. The number of aryl methyl sites for hydroxylation is 1.